The van der Waals surface area contributed by atoms with Crippen molar-refractivity contribution < 1.29 is 37.7 Å². The Kier molecular flexibility index (Phi) is 7.73. The van der Waals surface area contributed by atoms with Gasteiger partial charge in [-0.05, 0) is 37.2 Å². The molecule has 1 saturated carbocycles. The molecular weight excluding hydrogens is 445 g/mol. The largest absolute Gasteiger partial charge is 0.380 e. The zero-order valence-corrected chi connectivity index (χ0v) is 18.5. The summed E-state index contributed by atoms with van der Waals surface area (Å²) in [6.07, 6.45) is -0.580. The Morgan fingerprint density at radius 1 is 0.939 bits per heavy atom. The van der Waals surface area contributed by atoms with Gasteiger partial charge < -0.3 is 10.8 Å². The smallest absolute Gasteiger partial charge is 0.290 e. The summed E-state index contributed by atoms with van der Waals surface area (Å²) in [6.45, 7) is 2.06. The van der Waals surface area contributed by atoms with E-state index in [1.165, 1.54) is 24.3 Å². The van der Waals surface area contributed by atoms with Gasteiger partial charge in [-0.2, -0.15) is 0 Å². The monoisotopic (exact) mass is 472 g/mol. The van der Waals surface area contributed by atoms with Crippen LogP contribution in [0.15, 0.2) is 30.3 Å². The number of nitrogens with two attached hydrogens (primary N) is 1. The van der Waals surface area contributed by atoms with Crippen molar-refractivity contribution in [1.82, 2.24) is 15.4 Å². The molecule has 182 valence electrons. The third kappa shape index (κ3) is 4.65. The lowest BCUT2D eigenvalue weighted by Gasteiger charge is -2.51. The van der Waals surface area contributed by atoms with E-state index in [2.05, 4.69) is 0 Å². The molecule has 12 heteroatoms. The van der Waals surface area contributed by atoms with Crippen LogP contribution in [0.5, 0.6) is 0 Å². The molecule has 0 radical (unpaired) electrons. The first kappa shape index (κ1) is 26.1. The SMILES string of the molecule is CC(=O)N(F)C([C@H](c1ccccc1)C1CCC(O)(C(N)=O)CC1)(N(F)C(C)=O)N(F)C(C)=O. The summed E-state index contributed by atoms with van der Waals surface area (Å²) < 4.78 is 46.6. The Hall–Kier alpha value is -3.15. The molecule has 1 aromatic rings. The van der Waals surface area contributed by atoms with Gasteiger partial charge in [-0.25, -0.2) is 0 Å². The molecule has 4 amide bonds. The number of benzene rings is 1. The van der Waals surface area contributed by atoms with E-state index >= 15 is 13.4 Å². The van der Waals surface area contributed by atoms with Crippen molar-refractivity contribution in [2.75, 3.05) is 0 Å². The fourth-order valence-electron chi connectivity index (χ4n) is 4.46. The van der Waals surface area contributed by atoms with Crippen LogP contribution in [0.2, 0.25) is 0 Å². The number of carbonyl (C=O) groups excluding carboxylic acids is 4. The Morgan fingerprint density at radius 2 is 1.33 bits per heavy atom. The summed E-state index contributed by atoms with van der Waals surface area (Å²) in [4.78, 5) is 47.9. The lowest BCUT2D eigenvalue weighted by molar-refractivity contribution is -0.319. The van der Waals surface area contributed by atoms with Crippen LogP contribution < -0.4 is 5.73 Å². The van der Waals surface area contributed by atoms with Crippen molar-refractivity contribution in [1.29, 1.82) is 0 Å². The number of aliphatic hydroxyl groups is 1. The predicted molar refractivity (Wildman–Crippen MR) is 109 cm³/mol. The van der Waals surface area contributed by atoms with Crippen molar-refractivity contribution in [3.8, 4) is 0 Å². The highest BCUT2D eigenvalue weighted by molar-refractivity contribution is 5.83. The quantitative estimate of drug-likeness (QED) is 0.464. The fraction of sp³-hybridized carbons (Fsp3) is 0.524. The third-order valence-electron chi connectivity index (χ3n) is 6.06. The van der Waals surface area contributed by atoms with E-state index in [9.17, 15) is 24.3 Å². The van der Waals surface area contributed by atoms with Gasteiger partial charge in [0.05, 0.1) is 5.92 Å². The molecule has 9 nitrogen and oxygen atoms in total. The Bertz CT molecular complexity index is 858. The number of carbonyl (C=O) groups is 4. The zero-order valence-electron chi connectivity index (χ0n) is 18.5. The van der Waals surface area contributed by atoms with Crippen LogP contribution in [0, 0.1) is 5.92 Å². The summed E-state index contributed by atoms with van der Waals surface area (Å²) in [6, 6.07) is 7.40. The number of nitrogens with zero attached hydrogens (tertiary/aromatic N) is 3. The molecule has 2 rings (SSSR count). The van der Waals surface area contributed by atoms with Gasteiger partial charge in [0.15, 0.2) is 0 Å². The first-order chi connectivity index (χ1) is 15.3. The van der Waals surface area contributed by atoms with E-state index in [0.29, 0.717) is 20.8 Å². The first-order valence-corrected chi connectivity index (χ1v) is 10.3. The second-order valence-corrected chi connectivity index (χ2v) is 8.21. The number of amides is 4. The maximum absolute atomic E-state index is 15.5. The van der Waals surface area contributed by atoms with Crippen molar-refractivity contribution in [2.45, 2.75) is 63.8 Å². The molecule has 0 heterocycles. The van der Waals surface area contributed by atoms with Crippen LogP contribution in [-0.2, 0) is 19.2 Å². The van der Waals surface area contributed by atoms with Crippen LogP contribution in [0.3, 0.4) is 0 Å². The number of primary amides is 1. The average Bonchev–Trinajstić information content (AvgIpc) is 2.77. The van der Waals surface area contributed by atoms with Gasteiger partial charge in [0.25, 0.3) is 23.5 Å². The highest BCUT2D eigenvalue weighted by Gasteiger charge is 2.63. The zero-order chi connectivity index (χ0) is 25.1. The molecule has 0 unspecified atom stereocenters. The van der Waals surface area contributed by atoms with E-state index in [4.69, 9.17) is 5.73 Å². The van der Waals surface area contributed by atoms with E-state index < -0.39 is 62.2 Å². The molecule has 1 atom stereocenters. The minimum absolute atomic E-state index is 0.0794. The van der Waals surface area contributed by atoms with Crippen LogP contribution in [-0.4, -0.2) is 55.5 Å². The summed E-state index contributed by atoms with van der Waals surface area (Å²) in [5.41, 5.74) is 3.50. The first-order valence-electron chi connectivity index (χ1n) is 10.3. The lowest BCUT2D eigenvalue weighted by Crippen LogP contribution is -2.70. The highest BCUT2D eigenvalue weighted by atomic mass is 19.2. The topological polar surface area (TPSA) is 124 Å². The second-order valence-electron chi connectivity index (χ2n) is 8.21. The van der Waals surface area contributed by atoms with E-state index in [-0.39, 0.29) is 31.2 Å². The van der Waals surface area contributed by atoms with Crippen LogP contribution in [0.25, 0.3) is 0 Å². The molecule has 0 aromatic heterocycles. The molecule has 1 aliphatic rings. The molecule has 0 saturated heterocycles. The van der Waals surface area contributed by atoms with Crippen LogP contribution >= 0.6 is 0 Å². The van der Waals surface area contributed by atoms with Gasteiger partial charge in [-0.15, -0.1) is 15.4 Å². The summed E-state index contributed by atoms with van der Waals surface area (Å²) in [5.74, 6) is -11.4. The van der Waals surface area contributed by atoms with Gasteiger partial charge in [0, 0.05) is 20.8 Å². The number of halogens is 3. The average molecular weight is 472 g/mol. The Morgan fingerprint density at radius 3 is 1.67 bits per heavy atom. The molecule has 0 spiro atoms. The van der Waals surface area contributed by atoms with Gasteiger partial charge in [0.1, 0.15) is 5.60 Å². The highest BCUT2D eigenvalue weighted by Crippen LogP contribution is 2.50. The van der Waals surface area contributed by atoms with Crippen LogP contribution in [0.1, 0.15) is 57.9 Å². The second kappa shape index (κ2) is 9.77. The third-order valence-corrected chi connectivity index (χ3v) is 6.06. The molecular formula is C21H27F3N4O5. The number of hydrogen-bond acceptors (Lipinski definition) is 5. The maximum Gasteiger partial charge on any atom is 0.290 e. The number of rotatable bonds is 7. The molecule has 0 bridgehead atoms. The van der Waals surface area contributed by atoms with E-state index in [1.54, 1.807) is 6.07 Å². The standard InChI is InChI=1S/C21H27F3N4O5/c1-13(29)26(22)21(27(23)14(2)30,28(24)15(3)31)18(16-7-5-4-6-8-16)17-9-11-20(33,12-10-17)19(25)32/h4-8,17-18,33H,9-12H2,1-3H3,(H2,25,32)/t17?,18-,20?/m1/s1. The van der Waals surface area contributed by atoms with E-state index in [1.807, 2.05) is 0 Å². The van der Waals surface area contributed by atoms with Crippen molar-refractivity contribution in [3.05, 3.63) is 35.9 Å². The molecule has 3 N–H and O–H groups in total. The van der Waals surface area contributed by atoms with Crippen LogP contribution in [0.4, 0.5) is 13.4 Å². The molecule has 1 aliphatic carbocycles. The Balaban J connectivity index is 2.81. The summed E-state index contributed by atoms with van der Waals surface area (Å²) in [7, 11) is 0. The number of hydrogen-bond donors (Lipinski definition) is 2. The van der Waals surface area contributed by atoms with Crippen molar-refractivity contribution in [3.63, 3.8) is 0 Å². The Labute approximate surface area is 188 Å². The molecule has 33 heavy (non-hydrogen) atoms. The lowest BCUT2D eigenvalue weighted by atomic mass is 9.68. The minimum atomic E-state index is -3.46. The van der Waals surface area contributed by atoms with Gasteiger partial charge in [-0.1, -0.05) is 43.8 Å². The molecule has 1 aromatic carbocycles. The molecule has 0 aliphatic heterocycles. The van der Waals surface area contributed by atoms with Gasteiger partial charge >= 0.3 is 0 Å². The van der Waals surface area contributed by atoms with E-state index in [0.717, 1.165) is 0 Å². The normalized spacial score (nSPS) is 21.6. The summed E-state index contributed by atoms with van der Waals surface area (Å²) >= 11 is 0. The van der Waals surface area contributed by atoms with Gasteiger partial charge in [0.2, 0.25) is 5.91 Å². The minimum Gasteiger partial charge on any atom is -0.380 e. The maximum atomic E-state index is 15.5. The van der Waals surface area contributed by atoms with Crippen molar-refractivity contribution in [2.24, 2.45) is 11.7 Å². The summed E-state index contributed by atoms with van der Waals surface area (Å²) in [5, 5.41) is 7.97. The van der Waals surface area contributed by atoms with Crippen molar-refractivity contribution >= 4 is 23.6 Å². The molecule has 1 fully saturated rings. The van der Waals surface area contributed by atoms with Gasteiger partial charge in [-0.3, -0.25) is 19.2 Å². The predicted octanol–water partition coefficient (Wildman–Crippen LogP) is 2.03. The fourth-order valence-corrected chi connectivity index (χ4v) is 4.46.